The highest BCUT2D eigenvalue weighted by atomic mass is 16.5. The van der Waals surface area contributed by atoms with Crippen molar-refractivity contribution in [3.8, 4) is 23.0 Å². The number of aromatic nitrogens is 2. The normalized spacial score (nSPS) is 11.3. The molecule has 0 aliphatic heterocycles. The van der Waals surface area contributed by atoms with Crippen LogP contribution in [0.3, 0.4) is 0 Å². The number of benzene rings is 2. The van der Waals surface area contributed by atoms with Gasteiger partial charge in [-0.25, -0.2) is 9.36 Å². The van der Waals surface area contributed by atoms with Crippen LogP contribution >= 0.6 is 0 Å². The lowest BCUT2D eigenvalue weighted by atomic mass is 9.97. The van der Waals surface area contributed by atoms with Crippen LogP contribution in [0.4, 0.5) is 0 Å². The molecule has 0 saturated carbocycles. The average Bonchev–Trinajstić information content (AvgIpc) is 3.03. The number of rotatable bonds is 7. The fourth-order valence-electron chi connectivity index (χ4n) is 3.30. The van der Waals surface area contributed by atoms with Crippen LogP contribution in [0.2, 0.25) is 0 Å². The Bertz CT molecular complexity index is 1180. The fourth-order valence-corrected chi connectivity index (χ4v) is 3.30. The summed E-state index contributed by atoms with van der Waals surface area (Å²) in [5.41, 5.74) is 0.684. The number of ether oxygens (including phenoxy) is 2. The highest BCUT2D eigenvalue weighted by molar-refractivity contribution is 5.78. The molecule has 1 aromatic heterocycles. The van der Waals surface area contributed by atoms with Crippen molar-refractivity contribution in [3.05, 3.63) is 70.5 Å². The summed E-state index contributed by atoms with van der Waals surface area (Å²) in [4.78, 5) is 37.8. The minimum atomic E-state index is -0.753. The Morgan fingerprint density at radius 1 is 0.879 bits per heavy atom. The van der Waals surface area contributed by atoms with Crippen molar-refractivity contribution in [2.75, 3.05) is 0 Å². The molecule has 7 heteroatoms. The summed E-state index contributed by atoms with van der Waals surface area (Å²) in [6.45, 7) is 8.68. The third kappa shape index (κ3) is 5.42. The third-order valence-corrected chi connectivity index (χ3v) is 5.03. The fraction of sp³-hybridized carbons (Fsp3) is 0.346. The van der Waals surface area contributed by atoms with Gasteiger partial charge in [0.25, 0.3) is 5.56 Å². The summed E-state index contributed by atoms with van der Waals surface area (Å²) >= 11 is 0. The van der Waals surface area contributed by atoms with Gasteiger partial charge in [-0.2, -0.15) is 0 Å². The molecule has 3 aromatic rings. The minimum Gasteiger partial charge on any atom is -0.427 e. The first kappa shape index (κ1) is 24.0. The second-order valence-electron chi connectivity index (χ2n) is 8.88. The zero-order chi connectivity index (χ0) is 24.2. The number of carbonyl (C=O) groups excluding carboxylic acids is 2. The lowest BCUT2D eigenvalue weighted by Gasteiger charge is -2.19. The third-order valence-electron chi connectivity index (χ3n) is 5.03. The molecule has 0 bridgehead atoms. The van der Waals surface area contributed by atoms with Crippen LogP contribution in [0.1, 0.15) is 53.0 Å². The van der Waals surface area contributed by atoms with Gasteiger partial charge in [0.15, 0.2) is 0 Å². The number of unbranched alkanes of at least 4 members (excludes halogenated alkanes) is 1. The Balaban J connectivity index is 2.27. The first-order chi connectivity index (χ1) is 15.6. The molecule has 0 N–H and O–H groups in total. The second-order valence-corrected chi connectivity index (χ2v) is 8.88. The molecule has 1 heterocycles. The quantitative estimate of drug-likeness (QED) is 0.380. The van der Waals surface area contributed by atoms with E-state index in [1.807, 2.05) is 37.3 Å². The van der Waals surface area contributed by atoms with E-state index in [0.29, 0.717) is 29.1 Å². The Labute approximate surface area is 193 Å². The number of hydrogen-bond acceptors (Lipinski definition) is 5. The first-order valence-electron chi connectivity index (χ1n) is 11.1. The van der Waals surface area contributed by atoms with Crippen LogP contribution in [-0.4, -0.2) is 21.3 Å². The highest BCUT2D eigenvalue weighted by Crippen LogP contribution is 2.29. The molecule has 0 saturated heterocycles. The average molecular weight is 451 g/mol. The van der Waals surface area contributed by atoms with Gasteiger partial charge in [0.2, 0.25) is 5.88 Å². The summed E-state index contributed by atoms with van der Waals surface area (Å²) in [7, 11) is 0. The predicted molar refractivity (Wildman–Crippen MR) is 126 cm³/mol. The SMILES string of the molecule is CCCCc1c(OC(=O)C(C)(C)C)n(-c2ccc(OC(C)=O)cc2)n(-c2ccccc2)c1=O. The molecule has 0 aliphatic rings. The van der Waals surface area contributed by atoms with Gasteiger partial charge >= 0.3 is 11.9 Å². The maximum atomic E-state index is 13.6. The Morgan fingerprint density at radius 2 is 1.48 bits per heavy atom. The molecule has 0 aliphatic carbocycles. The van der Waals surface area contributed by atoms with Gasteiger partial charge in [0.05, 0.1) is 22.4 Å². The van der Waals surface area contributed by atoms with Crippen molar-refractivity contribution in [2.45, 2.75) is 53.9 Å². The zero-order valence-corrected chi connectivity index (χ0v) is 19.8. The van der Waals surface area contributed by atoms with E-state index < -0.39 is 17.4 Å². The minimum absolute atomic E-state index is 0.206. The molecule has 0 atom stereocenters. The van der Waals surface area contributed by atoms with E-state index in [0.717, 1.165) is 12.8 Å². The smallest absolute Gasteiger partial charge is 0.317 e. The van der Waals surface area contributed by atoms with Crippen LogP contribution in [-0.2, 0) is 16.0 Å². The van der Waals surface area contributed by atoms with Gasteiger partial charge in [-0.1, -0.05) is 31.5 Å². The lowest BCUT2D eigenvalue weighted by molar-refractivity contribution is -0.143. The van der Waals surface area contributed by atoms with Crippen LogP contribution in [0.25, 0.3) is 11.4 Å². The highest BCUT2D eigenvalue weighted by Gasteiger charge is 2.30. The summed E-state index contributed by atoms with van der Waals surface area (Å²) in [5.74, 6) is -0.272. The van der Waals surface area contributed by atoms with Crippen molar-refractivity contribution in [1.29, 1.82) is 0 Å². The molecule has 3 rings (SSSR count). The molecule has 0 spiro atoms. The summed E-state index contributed by atoms with van der Waals surface area (Å²) in [6, 6.07) is 15.9. The van der Waals surface area contributed by atoms with E-state index in [1.165, 1.54) is 11.6 Å². The second kappa shape index (κ2) is 9.90. The van der Waals surface area contributed by atoms with Crippen molar-refractivity contribution in [3.63, 3.8) is 0 Å². The molecule has 0 unspecified atom stereocenters. The number of nitrogens with zero attached hydrogens (tertiary/aromatic N) is 2. The van der Waals surface area contributed by atoms with Gasteiger partial charge in [-0.3, -0.25) is 14.4 Å². The molecule has 7 nitrogen and oxygen atoms in total. The van der Waals surface area contributed by atoms with Gasteiger partial charge in [-0.05, 0) is 70.0 Å². The van der Waals surface area contributed by atoms with Crippen LogP contribution in [0, 0.1) is 5.41 Å². The molecule has 0 radical (unpaired) electrons. The number of esters is 2. The molecular weight excluding hydrogens is 420 g/mol. The van der Waals surface area contributed by atoms with E-state index in [-0.39, 0.29) is 11.4 Å². The van der Waals surface area contributed by atoms with Crippen LogP contribution in [0.5, 0.6) is 11.6 Å². The van der Waals surface area contributed by atoms with E-state index in [1.54, 1.807) is 49.7 Å². The van der Waals surface area contributed by atoms with Gasteiger partial charge in [-0.15, -0.1) is 0 Å². The van der Waals surface area contributed by atoms with Gasteiger partial charge < -0.3 is 9.47 Å². The Kier molecular flexibility index (Phi) is 7.21. The van der Waals surface area contributed by atoms with Crippen LogP contribution < -0.4 is 15.0 Å². The maximum absolute atomic E-state index is 13.6. The van der Waals surface area contributed by atoms with E-state index >= 15 is 0 Å². The first-order valence-corrected chi connectivity index (χ1v) is 11.1. The standard InChI is InChI=1S/C26H30N2O5/c1-6-7-13-22-23(30)27(19-11-9-8-10-12-19)28(24(22)33-25(31)26(3,4)5)20-14-16-21(17-15-20)32-18(2)29/h8-12,14-17H,6-7,13H2,1-5H3. The van der Waals surface area contributed by atoms with Gasteiger partial charge in [0, 0.05) is 6.92 Å². The number of para-hydroxylation sites is 1. The monoisotopic (exact) mass is 450 g/mol. The molecule has 0 fully saturated rings. The molecular formula is C26H30N2O5. The van der Waals surface area contributed by atoms with Crippen molar-refractivity contribution < 1.29 is 19.1 Å². The van der Waals surface area contributed by atoms with Crippen molar-refractivity contribution >= 4 is 11.9 Å². The zero-order valence-electron chi connectivity index (χ0n) is 19.8. The van der Waals surface area contributed by atoms with Crippen molar-refractivity contribution in [2.24, 2.45) is 5.41 Å². The van der Waals surface area contributed by atoms with Gasteiger partial charge in [0.1, 0.15) is 5.75 Å². The summed E-state index contributed by atoms with van der Waals surface area (Å²) in [5, 5.41) is 0. The van der Waals surface area contributed by atoms with E-state index in [4.69, 9.17) is 9.47 Å². The number of carbonyl (C=O) groups is 2. The predicted octanol–water partition coefficient (Wildman–Crippen LogP) is 4.85. The summed E-state index contributed by atoms with van der Waals surface area (Å²) in [6.07, 6.45) is 2.15. The van der Waals surface area contributed by atoms with Crippen LogP contribution in [0.15, 0.2) is 59.4 Å². The molecule has 174 valence electrons. The van der Waals surface area contributed by atoms with E-state index in [9.17, 15) is 14.4 Å². The van der Waals surface area contributed by atoms with Crippen molar-refractivity contribution in [1.82, 2.24) is 9.36 Å². The number of hydrogen-bond donors (Lipinski definition) is 0. The maximum Gasteiger partial charge on any atom is 0.317 e. The Hall–Kier alpha value is -3.61. The molecule has 33 heavy (non-hydrogen) atoms. The topological polar surface area (TPSA) is 79.5 Å². The molecule has 2 aromatic carbocycles. The Morgan fingerprint density at radius 3 is 2.03 bits per heavy atom. The largest absolute Gasteiger partial charge is 0.427 e. The summed E-state index contributed by atoms with van der Waals surface area (Å²) < 4.78 is 14.2. The molecule has 0 amide bonds. The lowest BCUT2D eigenvalue weighted by Crippen LogP contribution is -2.27. The van der Waals surface area contributed by atoms with E-state index in [2.05, 4.69) is 0 Å².